The first-order valence-electron chi connectivity index (χ1n) is 12.9. The van der Waals surface area contributed by atoms with E-state index in [1.165, 1.54) is 6.07 Å². The molecule has 8 heteroatoms. The van der Waals surface area contributed by atoms with Crippen molar-refractivity contribution in [2.24, 2.45) is 17.8 Å². The van der Waals surface area contributed by atoms with Crippen LogP contribution >= 0.6 is 0 Å². The van der Waals surface area contributed by atoms with Gasteiger partial charge in [0.15, 0.2) is 5.82 Å². The number of halogens is 2. The van der Waals surface area contributed by atoms with E-state index in [1.54, 1.807) is 6.20 Å². The van der Waals surface area contributed by atoms with Crippen LogP contribution in [0.2, 0.25) is 0 Å². The molecule has 2 aromatic heterocycles. The highest BCUT2D eigenvalue weighted by molar-refractivity contribution is 5.94. The number of fused-ring (bicyclic) bond motifs is 4. The predicted octanol–water partition coefficient (Wildman–Crippen LogP) is 6.35. The zero-order chi connectivity index (χ0) is 25.5. The van der Waals surface area contributed by atoms with E-state index in [0.29, 0.717) is 40.8 Å². The molecule has 3 aliphatic rings. The van der Waals surface area contributed by atoms with Crippen LogP contribution < -0.4 is 5.32 Å². The molecule has 2 N–H and O–H groups in total. The number of carbonyl (C=O) groups excluding carboxylic acids is 1. The fourth-order valence-electron chi connectivity index (χ4n) is 6.14. The summed E-state index contributed by atoms with van der Waals surface area (Å²) in [5.41, 5.74) is 2.26. The molecule has 0 unspecified atom stereocenters. The maximum Gasteiger partial charge on any atom is 0.311 e. The number of benzene rings is 2. The first-order valence-corrected chi connectivity index (χ1v) is 12.9. The summed E-state index contributed by atoms with van der Waals surface area (Å²) >= 11 is 0. The summed E-state index contributed by atoms with van der Waals surface area (Å²) in [5.74, 6) is -0.189. The number of H-pyrrole nitrogens is 1. The van der Waals surface area contributed by atoms with Crippen molar-refractivity contribution in [2.45, 2.75) is 38.6 Å². The number of hydrogen-bond acceptors (Lipinski definition) is 5. The molecule has 4 aromatic rings. The van der Waals surface area contributed by atoms with E-state index in [2.05, 4.69) is 10.3 Å². The first kappa shape index (κ1) is 23.6. The van der Waals surface area contributed by atoms with Crippen molar-refractivity contribution < 1.29 is 18.3 Å². The molecule has 2 atom stereocenters. The van der Waals surface area contributed by atoms with Crippen LogP contribution in [0.4, 0.5) is 14.6 Å². The molecule has 0 aliphatic heterocycles. The summed E-state index contributed by atoms with van der Waals surface area (Å²) in [7, 11) is 0. The van der Waals surface area contributed by atoms with Gasteiger partial charge in [-0.3, -0.25) is 4.79 Å². The van der Waals surface area contributed by atoms with Crippen molar-refractivity contribution in [2.75, 3.05) is 11.9 Å². The lowest BCUT2D eigenvalue weighted by atomic mass is 9.61. The minimum absolute atomic E-state index is 0.101. The van der Waals surface area contributed by atoms with Crippen LogP contribution in [0.1, 0.15) is 32.6 Å². The third-order valence-electron chi connectivity index (χ3n) is 7.84. The zero-order valence-corrected chi connectivity index (χ0v) is 20.5. The number of nitrogens with zero attached hydrogens (tertiary/aromatic N) is 2. The van der Waals surface area contributed by atoms with Crippen LogP contribution in [-0.4, -0.2) is 33.6 Å². The van der Waals surface area contributed by atoms with Gasteiger partial charge >= 0.3 is 5.97 Å². The van der Waals surface area contributed by atoms with E-state index in [-0.39, 0.29) is 29.4 Å². The Morgan fingerprint density at radius 3 is 2.57 bits per heavy atom. The third kappa shape index (κ3) is 4.34. The monoisotopic (exact) mass is 502 g/mol. The Labute approximate surface area is 213 Å². The highest BCUT2D eigenvalue weighted by Crippen LogP contribution is 2.47. The smallest absolute Gasteiger partial charge is 0.311 e. The molecule has 7 rings (SSSR count). The van der Waals surface area contributed by atoms with E-state index in [1.807, 2.05) is 43.3 Å². The van der Waals surface area contributed by atoms with Gasteiger partial charge in [0.05, 0.1) is 23.7 Å². The Balaban J connectivity index is 1.45. The van der Waals surface area contributed by atoms with E-state index < -0.39 is 11.6 Å². The van der Waals surface area contributed by atoms with Crippen molar-refractivity contribution in [3.8, 4) is 22.6 Å². The fraction of sp³-hybridized carbons (Fsp3) is 0.345. The molecule has 0 radical (unpaired) electrons. The lowest BCUT2D eigenvalue weighted by Crippen LogP contribution is -2.52. The molecule has 2 heterocycles. The molecule has 6 nitrogen and oxygen atoms in total. The minimum Gasteiger partial charge on any atom is -0.466 e. The average Bonchev–Trinajstić information content (AvgIpc) is 3.34. The van der Waals surface area contributed by atoms with Crippen LogP contribution in [0.3, 0.4) is 0 Å². The number of aromatic amines is 1. The summed E-state index contributed by atoms with van der Waals surface area (Å²) in [6, 6.07) is 13.6. The van der Waals surface area contributed by atoms with Crippen molar-refractivity contribution >= 4 is 22.7 Å². The number of anilines is 1. The van der Waals surface area contributed by atoms with Gasteiger partial charge in [-0.1, -0.05) is 30.3 Å². The fourth-order valence-corrected chi connectivity index (χ4v) is 6.14. The molecular formula is C29H28F2N4O2. The molecule has 0 spiro atoms. The molecule has 2 aromatic carbocycles. The van der Waals surface area contributed by atoms with Gasteiger partial charge in [-0.05, 0) is 50.5 Å². The maximum absolute atomic E-state index is 14.4. The zero-order valence-electron chi connectivity index (χ0n) is 20.5. The minimum atomic E-state index is -0.672. The highest BCUT2D eigenvalue weighted by Gasteiger charge is 2.48. The molecule has 2 bridgehead atoms. The quantitative estimate of drug-likeness (QED) is 0.300. The summed E-state index contributed by atoms with van der Waals surface area (Å²) in [4.78, 5) is 25.4. The summed E-state index contributed by atoms with van der Waals surface area (Å²) in [5, 5.41) is 3.94. The number of carbonyl (C=O) groups is 1. The van der Waals surface area contributed by atoms with E-state index >= 15 is 0 Å². The van der Waals surface area contributed by atoms with E-state index in [9.17, 15) is 13.6 Å². The highest BCUT2D eigenvalue weighted by atomic mass is 19.1. The van der Waals surface area contributed by atoms with Crippen LogP contribution in [0, 0.1) is 29.4 Å². The second kappa shape index (κ2) is 9.57. The Morgan fingerprint density at radius 1 is 1.05 bits per heavy atom. The SMILES string of the molecule is CCOC(=O)[C@@H]1C2CCC(CC2)[C@H]1Nc1cc(-c2ccccc2)nc(-c2c[nH]c3c(F)cc(F)cc23)n1. The third-order valence-corrected chi connectivity index (χ3v) is 7.84. The topological polar surface area (TPSA) is 79.9 Å². The number of rotatable bonds is 6. The molecule has 0 amide bonds. The predicted molar refractivity (Wildman–Crippen MR) is 138 cm³/mol. The van der Waals surface area contributed by atoms with Crippen molar-refractivity contribution in [3.05, 3.63) is 66.4 Å². The average molecular weight is 503 g/mol. The van der Waals surface area contributed by atoms with Gasteiger partial charge in [-0.15, -0.1) is 0 Å². The second-order valence-electron chi connectivity index (χ2n) is 9.96. The Bertz CT molecular complexity index is 1450. The Morgan fingerprint density at radius 2 is 1.81 bits per heavy atom. The molecule has 3 aliphatic carbocycles. The van der Waals surface area contributed by atoms with Crippen molar-refractivity contribution in [1.29, 1.82) is 0 Å². The Hall–Kier alpha value is -3.81. The van der Waals surface area contributed by atoms with Gasteiger partial charge in [0.1, 0.15) is 17.5 Å². The van der Waals surface area contributed by atoms with Crippen molar-refractivity contribution in [3.63, 3.8) is 0 Å². The number of hydrogen-bond donors (Lipinski definition) is 2. The Kier molecular flexibility index (Phi) is 6.10. The number of nitrogens with one attached hydrogen (secondary N) is 2. The van der Waals surface area contributed by atoms with Crippen LogP contribution in [0.15, 0.2) is 54.7 Å². The van der Waals surface area contributed by atoms with Gasteiger partial charge in [0.25, 0.3) is 0 Å². The van der Waals surface area contributed by atoms with Gasteiger partial charge in [0.2, 0.25) is 0 Å². The largest absolute Gasteiger partial charge is 0.466 e. The summed E-state index contributed by atoms with van der Waals surface area (Å²) in [6.07, 6.45) is 5.78. The molecule has 3 saturated carbocycles. The van der Waals surface area contributed by atoms with Gasteiger partial charge in [-0.2, -0.15) is 0 Å². The maximum atomic E-state index is 14.4. The number of aromatic nitrogens is 3. The number of ether oxygens (including phenoxy) is 1. The summed E-state index contributed by atoms with van der Waals surface area (Å²) in [6.45, 7) is 2.18. The summed E-state index contributed by atoms with van der Waals surface area (Å²) < 4.78 is 34.0. The van der Waals surface area contributed by atoms with Crippen molar-refractivity contribution in [1.82, 2.24) is 15.0 Å². The van der Waals surface area contributed by atoms with Gasteiger partial charge in [0, 0.05) is 40.9 Å². The van der Waals surface area contributed by atoms with Gasteiger partial charge in [-0.25, -0.2) is 18.7 Å². The molecule has 37 heavy (non-hydrogen) atoms. The van der Waals surface area contributed by atoms with Gasteiger partial charge < -0.3 is 15.0 Å². The number of esters is 1. The van der Waals surface area contributed by atoms with Crippen LogP contribution in [0.25, 0.3) is 33.5 Å². The van der Waals surface area contributed by atoms with Crippen LogP contribution in [-0.2, 0) is 9.53 Å². The molecule has 0 saturated heterocycles. The standard InChI is InChI=1S/C29H28F2N4O2/c1-2-37-29(36)25-17-8-10-18(11-9-17)26(25)34-24-14-23(16-6-4-3-5-7-16)33-28(35-24)21-15-32-27-20(21)12-19(30)13-22(27)31/h3-7,12-15,17-18,25-26,32H,2,8-11H2,1H3,(H,33,34,35)/t17?,18?,25-,26-/m1/s1. The lowest BCUT2D eigenvalue weighted by molar-refractivity contribution is -0.154. The second-order valence-corrected chi connectivity index (χ2v) is 9.96. The first-order chi connectivity index (χ1) is 18.0. The molecule has 190 valence electrons. The molecular weight excluding hydrogens is 474 g/mol. The normalized spacial score (nSPS) is 22.8. The van der Waals surface area contributed by atoms with Crippen LogP contribution in [0.5, 0.6) is 0 Å². The van der Waals surface area contributed by atoms with E-state index in [0.717, 1.165) is 37.3 Å². The molecule has 3 fully saturated rings. The lowest BCUT2D eigenvalue weighted by Gasteiger charge is -2.47. The van der Waals surface area contributed by atoms with E-state index in [4.69, 9.17) is 14.7 Å².